The first-order valence-corrected chi connectivity index (χ1v) is 11.8. The van der Waals surface area contributed by atoms with Crippen LogP contribution in [0.2, 0.25) is 0 Å². The number of carbonyl (C=O) groups excluding carboxylic acids is 1. The molecule has 0 aliphatic rings. The topological polar surface area (TPSA) is 92.3 Å². The first kappa shape index (κ1) is 21.8. The Bertz CT molecular complexity index is 1130. The number of para-hydroxylation sites is 1. The maximum Gasteiger partial charge on any atom is 0.232 e. The van der Waals surface area contributed by atoms with Crippen molar-refractivity contribution in [2.24, 2.45) is 0 Å². The predicted octanol–water partition coefficient (Wildman–Crippen LogP) is 3.84. The maximum absolute atomic E-state index is 14.0. The van der Waals surface area contributed by atoms with E-state index in [1.54, 1.807) is 6.07 Å². The van der Waals surface area contributed by atoms with Crippen molar-refractivity contribution in [2.45, 2.75) is 19.8 Å². The normalized spacial score (nSPS) is 11.3. The standard InChI is InChI=1S/C20H21FN4O3S2/c1-14-9-11-15(12-10-14)19-23-24-20(29-19)22-18(26)8-5-13-25(30(2,27)28)17-7-4-3-6-16(17)21/h3-4,6-7,9-12H,5,8,13H2,1-2H3,(H,22,24,26). The Morgan fingerprint density at radius 2 is 1.83 bits per heavy atom. The predicted molar refractivity (Wildman–Crippen MR) is 117 cm³/mol. The summed E-state index contributed by atoms with van der Waals surface area (Å²) < 4.78 is 39.1. The monoisotopic (exact) mass is 448 g/mol. The van der Waals surface area contributed by atoms with Gasteiger partial charge >= 0.3 is 0 Å². The van der Waals surface area contributed by atoms with Gasteiger partial charge in [-0.15, -0.1) is 10.2 Å². The minimum atomic E-state index is -3.69. The molecule has 0 radical (unpaired) electrons. The number of benzene rings is 2. The van der Waals surface area contributed by atoms with Gasteiger partial charge in [-0.1, -0.05) is 53.3 Å². The molecule has 0 aliphatic carbocycles. The molecule has 158 valence electrons. The molecule has 0 spiro atoms. The van der Waals surface area contributed by atoms with Gasteiger partial charge in [-0.25, -0.2) is 12.8 Å². The number of amides is 1. The molecule has 0 bridgehead atoms. The van der Waals surface area contributed by atoms with Crippen LogP contribution in [-0.2, 0) is 14.8 Å². The smallest absolute Gasteiger partial charge is 0.232 e. The van der Waals surface area contributed by atoms with Gasteiger partial charge in [0.15, 0.2) is 0 Å². The van der Waals surface area contributed by atoms with Gasteiger partial charge in [-0.2, -0.15) is 0 Å². The number of aromatic nitrogens is 2. The van der Waals surface area contributed by atoms with Crippen LogP contribution in [0.4, 0.5) is 15.2 Å². The van der Waals surface area contributed by atoms with E-state index < -0.39 is 15.8 Å². The molecule has 3 aromatic rings. The van der Waals surface area contributed by atoms with Crippen LogP contribution < -0.4 is 9.62 Å². The molecule has 3 rings (SSSR count). The molecule has 1 amide bonds. The number of nitrogens with zero attached hydrogens (tertiary/aromatic N) is 3. The molecule has 2 aromatic carbocycles. The molecule has 0 aliphatic heterocycles. The molecule has 0 saturated carbocycles. The number of halogens is 1. The molecule has 1 aromatic heterocycles. The van der Waals surface area contributed by atoms with Crippen LogP contribution in [0.1, 0.15) is 18.4 Å². The zero-order chi connectivity index (χ0) is 21.7. The van der Waals surface area contributed by atoms with E-state index in [-0.39, 0.29) is 31.0 Å². The van der Waals surface area contributed by atoms with E-state index in [1.807, 2.05) is 31.2 Å². The number of hydrogen-bond acceptors (Lipinski definition) is 6. The molecule has 7 nitrogen and oxygen atoms in total. The largest absolute Gasteiger partial charge is 0.301 e. The van der Waals surface area contributed by atoms with Gasteiger partial charge in [0.2, 0.25) is 21.1 Å². The van der Waals surface area contributed by atoms with E-state index in [4.69, 9.17) is 0 Å². The second kappa shape index (κ2) is 9.31. The molecule has 1 N–H and O–H groups in total. The van der Waals surface area contributed by atoms with E-state index in [9.17, 15) is 17.6 Å². The summed E-state index contributed by atoms with van der Waals surface area (Å²) in [6.07, 6.45) is 1.28. The molecule has 1 heterocycles. The van der Waals surface area contributed by atoms with Crippen LogP contribution in [0, 0.1) is 12.7 Å². The summed E-state index contributed by atoms with van der Waals surface area (Å²) in [7, 11) is -3.69. The summed E-state index contributed by atoms with van der Waals surface area (Å²) in [6, 6.07) is 13.4. The van der Waals surface area contributed by atoms with Crippen molar-refractivity contribution in [3.8, 4) is 10.6 Å². The Hall–Kier alpha value is -2.85. The van der Waals surface area contributed by atoms with Crippen molar-refractivity contribution >= 4 is 38.1 Å². The Labute approximate surface area is 178 Å². The fraction of sp³-hybridized carbons (Fsp3) is 0.250. The number of nitrogens with one attached hydrogen (secondary N) is 1. The van der Waals surface area contributed by atoms with Crippen molar-refractivity contribution in [1.82, 2.24) is 10.2 Å². The second-order valence-electron chi connectivity index (χ2n) is 6.72. The van der Waals surface area contributed by atoms with Gasteiger partial charge in [0.05, 0.1) is 11.9 Å². The Morgan fingerprint density at radius 1 is 1.13 bits per heavy atom. The first-order chi connectivity index (χ1) is 14.2. The third-order valence-electron chi connectivity index (χ3n) is 4.26. The minimum Gasteiger partial charge on any atom is -0.301 e. The summed E-state index contributed by atoms with van der Waals surface area (Å²) in [5.74, 6) is -0.950. The highest BCUT2D eigenvalue weighted by Gasteiger charge is 2.20. The highest BCUT2D eigenvalue weighted by atomic mass is 32.2. The van der Waals surface area contributed by atoms with Gasteiger partial charge in [-0.3, -0.25) is 9.10 Å². The number of rotatable bonds is 8. The highest BCUT2D eigenvalue weighted by molar-refractivity contribution is 7.92. The molecule has 10 heteroatoms. The number of anilines is 2. The van der Waals surface area contributed by atoms with Crippen LogP contribution in [0.3, 0.4) is 0 Å². The minimum absolute atomic E-state index is 0.0160. The second-order valence-corrected chi connectivity index (χ2v) is 9.60. The highest BCUT2D eigenvalue weighted by Crippen LogP contribution is 2.27. The molecule has 0 atom stereocenters. The molecular formula is C20H21FN4O3S2. The van der Waals surface area contributed by atoms with E-state index in [2.05, 4.69) is 15.5 Å². The van der Waals surface area contributed by atoms with Gasteiger partial charge < -0.3 is 5.32 Å². The zero-order valence-electron chi connectivity index (χ0n) is 16.5. The summed E-state index contributed by atoms with van der Waals surface area (Å²) in [5, 5.41) is 11.8. The summed E-state index contributed by atoms with van der Waals surface area (Å²) in [4.78, 5) is 12.2. The summed E-state index contributed by atoms with van der Waals surface area (Å²) in [6.45, 7) is 1.98. The molecule has 30 heavy (non-hydrogen) atoms. The van der Waals surface area contributed by atoms with E-state index in [0.29, 0.717) is 10.1 Å². The van der Waals surface area contributed by atoms with Crippen molar-refractivity contribution in [2.75, 3.05) is 22.4 Å². The van der Waals surface area contributed by atoms with E-state index in [0.717, 1.165) is 21.7 Å². The number of sulfonamides is 1. The van der Waals surface area contributed by atoms with Crippen LogP contribution >= 0.6 is 11.3 Å². The fourth-order valence-electron chi connectivity index (χ4n) is 2.77. The molecule has 0 saturated heterocycles. The van der Waals surface area contributed by atoms with E-state index >= 15 is 0 Å². The Kier molecular flexibility index (Phi) is 6.78. The lowest BCUT2D eigenvalue weighted by Gasteiger charge is -2.22. The lowest BCUT2D eigenvalue weighted by molar-refractivity contribution is -0.116. The van der Waals surface area contributed by atoms with Gasteiger partial charge in [0, 0.05) is 18.5 Å². The van der Waals surface area contributed by atoms with Crippen molar-refractivity contribution < 1.29 is 17.6 Å². The van der Waals surface area contributed by atoms with Crippen LogP contribution in [0.15, 0.2) is 48.5 Å². The van der Waals surface area contributed by atoms with Gasteiger partial charge in [0.1, 0.15) is 10.8 Å². The lowest BCUT2D eigenvalue weighted by atomic mass is 10.2. The van der Waals surface area contributed by atoms with Crippen LogP contribution in [0.25, 0.3) is 10.6 Å². The Morgan fingerprint density at radius 3 is 2.50 bits per heavy atom. The lowest BCUT2D eigenvalue weighted by Crippen LogP contribution is -2.32. The summed E-state index contributed by atoms with van der Waals surface area (Å²) >= 11 is 1.25. The van der Waals surface area contributed by atoms with E-state index in [1.165, 1.54) is 29.5 Å². The Balaban J connectivity index is 1.58. The molecule has 0 fully saturated rings. The number of carbonyl (C=O) groups is 1. The quantitative estimate of drug-likeness (QED) is 0.565. The zero-order valence-corrected chi connectivity index (χ0v) is 18.1. The maximum atomic E-state index is 14.0. The third kappa shape index (κ3) is 5.61. The van der Waals surface area contributed by atoms with Crippen LogP contribution in [-0.4, -0.2) is 37.3 Å². The molecular weight excluding hydrogens is 427 g/mol. The molecule has 0 unspecified atom stereocenters. The average Bonchev–Trinajstić information content (AvgIpc) is 3.14. The van der Waals surface area contributed by atoms with Crippen LogP contribution in [0.5, 0.6) is 0 Å². The number of aryl methyl sites for hydroxylation is 1. The van der Waals surface area contributed by atoms with Gasteiger partial charge in [-0.05, 0) is 25.5 Å². The van der Waals surface area contributed by atoms with Crippen molar-refractivity contribution in [1.29, 1.82) is 0 Å². The summed E-state index contributed by atoms with van der Waals surface area (Å²) in [5.41, 5.74) is 2.01. The van der Waals surface area contributed by atoms with Crippen molar-refractivity contribution in [3.63, 3.8) is 0 Å². The average molecular weight is 449 g/mol. The third-order valence-corrected chi connectivity index (χ3v) is 6.32. The SMILES string of the molecule is Cc1ccc(-c2nnc(NC(=O)CCCN(c3ccccc3F)S(C)(=O)=O)s2)cc1. The van der Waals surface area contributed by atoms with Crippen molar-refractivity contribution in [3.05, 3.63) is 59.9 Å². The first-order valence-electron chi connectivity index (χ1n) is 9.16. The number of hydrogen-bond donors (Lipinski definition) is 1. The van der Waals surface area contributed by atoms with Gasteiger partial charge in [0.25, 0.3) is 0 Å². The fourth-order valence-corrected chi connectivity index (χ4v) is 4.50.